The monoisotopic (exact) mass is 532 g/mol. The topological polar surface area (TPSA) is 79.3 Å². The standard InChI is InChI=1S/C25H26BrFN2O5/c1-33-20-7-6-17(15-19(20)27)23(30)21-22(16-4-2-5-18(26)14-16)29(25(32)24(21)31)9-3-8-28-10-12-34-13-11-28/h2,4-7,14-15,22,30H,3,8-13H2,1H3. The first-order chi connectivity index (χ1) is 16.4. The van der Waals surface area contributed by atoms with E-state index in [9.17, 15) is 19.1 Å². The molecule has 2 saturated heterocycles. The molecule has 2 heterocycles. The van der Waals surface area contributed by atoms with Gasteiger partial charge >= 0.3 is 0 Å². The molecule has 1 N–H and O–H groups in total. The van der Waals surface area contributed by atoms with E-state index in [-0.39, 0.29) is 16.9 Å². The van der Waals surface area contributed by atoms with Crippen molar-refractivity contribution in [2.75, 3.05) is 46.5 Å². The molecule has 0 spiro atoms. The van der Waals surface area contributed by atoms with E-state index in [0.717, 1.165) is 30.2 Å². The molecule has 1 unspecified atom stereocenters. The third-order valence-corrected chi connectivity index (χ3v) is 6.60. The van der Waals surface area contributed by atoms with Gasteiger partial charge in [0, 0.05) is 36.2 Å². The minimum atomic E-state index is -0.787. The van der Waals surface area contributed by atoms with Gasteiger partial charge in [-0.05, 0) is 42.3 Å². The highest BCUT2D eigenvalue weighted by molar-refractivity contribution is 9.10. The maximum Gasteiger partial charge on any atom is 0.295 e. The quantitative estimate of drug-likeness (QED) is 0.332. The number of hydrogen-bond acceptors (Lipinski definition) is 6. The second-order valence-electron chi connectivity index (χ2n) is 8.20. The van der Waals surface area contributed by atoms with Crippen LogP contribution in [0.2, 0.25) is 0 Å². The fraction of sp³-hybridized carbons (Fsp3) is 0.360. The predicted molar refractivity (Wildman–Crippen MR) is 128 cm³/mol. The Kier molecular flexibility index (Phi) is 7.65. The molecule has 0 radical (unpaired) electrons. The number of aliphatic hydroxyl groups excluding tert-OH is 1. The predicted octanol–water partition coefficient (Wildman–Crippen LogP) is 3.74. The number of carbonyl (C=O) groups excluding carboxylic acids is 2. The van der Waals surface area contributed by atoms with Crippen LogP contribution >= 0.6 is 15.9 Å². The molecule has 0 saturated carbocycles. The van der Waals surface area contributed by atoms with Gasteiger partial charge in [-0.1, -0.05) is 28.1 Å². The molecule has 2 aliphatic rings. The minimum absolute atomic E-state index is 0.0173. The SMILES string of the molecule is COc1ccc(C(O)=C2C(=O)C(=O)N(CCCN3CCOCC3)C2c2cccc(Br)c2)cc1F. The van der Waals surface area contributed by atoms with Crippen LogP contribution in [0.3, 0.4) is 0 Å². The van der Waals surface area contributed by atoms with E-state index in [2.05, 4.69) is 20.8 Å². The van der Waals surface area contributed by atoms with Crippen LogP contribution < -0.4 is 4.74 Å². The second-order valence-corrected chi connectivity index (χ2v) is 9.12. The van der Waals surface area contributed by atoms with Crippen LogP contribution in [0.25, 0.3) is 5.76 Å². The van der Waals surface area contributed by atoms with Crippen molar-refractivity contribution in [1.82, 2.24) is 9.80 Å². The number of rotatable bonds is 7. The van der Waals surface area contributed by atoms with Gasteiger partial charge in [-0.2, -0.15) is 0 Å². The second kappa shape index (κ2) is 10.7. The highest BCUT2D eigenvalue weighted by Crippen LogP contribution is 2.40. The summed E-state index contributed by atoms with van der Waals surface area (Å²) >= 11 is 3.44. The van der Waals surface area contributed by atoms with Gasteiger partial charge in [0.05, 0.1) is 31.9 Å². The maximum atomic E-state index is 14.3. The van der Waals surface area contributed by atoms with Crippen molar-refractivity contribution in [3.05, 3.63) is 69.5 Å². The molecule has 2 fully saturated rings. The number of morpholine rings is 1. The Morgan fingerprint density at radius 1 is 1.18 bits per heavy atom. The number of likely N-dealkylation sites (tertiary alicyclic amines) is 1. The van der Waals surface area contributed by atoms with Gasteiger partial charge in [-0.25, -0.2) is 4.39 Å². The minimum Gasteiger partial charge on any atom is -0.507 e. The first-order valence-corrected chi connectivity index (χ1v) is 11.9. The Hall–Kier alpha value is -2.75. The highest BCUT2D eigenvalue weighted by atomic mass is 79.9. The Bertz CT molecular complexity index is 1120. The van der Waals surface area contributed by atoms with E-state index in [1.54, 1.807) is 12.1 Å². The summed E-state index contributed by atoms with van der Waals surface area (Å²) in [6.07, 6.45) is 0.661. The Morgan fingerprint density at radius 3 is 2.62 bits per heavy atom. The molecular weight excluding hydrogens is 507 g/mol. The third-order valence-electron chi connectivity index (χ3n) is 6.11. The van der Waals surface area contributed by atoms with Crippen LogP contribution in [-0.2, 0) is 14.3 Å². The summed E-state index contributed by atoms with van der Waals surface area (Å²) in [5.74, 6) is -2.54. The summed E-state index contributed by atoms with van der Waals surface area (Å²) in [4.78, 5) is 29.9. The summed E-state index contributed by atoms with van der Waals surface area (Å²) in [7, 11) is 1.34. The number of Topliss-reactive ketones (excluding diaryl/α,β-unsaturated/α-hetero) is 1. The number of halogens is 2. The van der Waals surface area contributed by atoms with Gasteiger partial charge in [0.1, 0.15) is 5.76 Å². The molecule has 1 amide bonds. The summed E-state index contributed by atoms with van der Waals surface area (Å²) < 4.78 is 25.4. The molecule has 7 nitrogen and oxygen atoms in total. The van der Waals surface area contributed by atoms with Crippen molar-refractivity contribution in [2.45, 2.75) is 12.5 Å². The van der Waals surface area contributed by atoms with Gasteiger partial charge in [-0.3, -0.25) is 14.5 Å². The van der Waals surface area contributed by atoms with Gasteiger partial charge in [0.15, 0.2) is 11.6 Å². The number of amides is 1. The fourth-order valence-electron chi connectivity index (χ4n) is 4.39. The number of ether oxygens (including phenoxy) is 2. The number of methoxy groups -OCH3 is 1. The van der Waals surface area contributed by atoms with Crippen molar-refractivity contribution < 1.29 is 28.6 Å². The Labute approximate surface area is 205 Å². The third kappa shape index (κ3) is 5.01. The smallest absolute Gasteiger partial charge is 0.295 e. The number of nitrogens with zero attached hydrogens (tertiary/aromatic N) is 2. The van der Waals surface area contributed by atoms with Gasteiger partial charge in [0.25, 0.3) is 11.7 Å². The van der Waals surface area contributed by atoms with Gasteiger partial charge in [0.2, 0.25) is 0 Å². The van der Waals surface area contributed by atoms with E-state index < -0.39 is 29.3 Å². The van der Waals surface area contributed by atoms with Crippen molar-refractivity contribution in [2.24, 2.45) is 0 Å². The zero-order valence-corrected chi connectivity index (χ0v) is 20.4. The molecule has 180 valence electrons. The summed E-state index contributed by atoms with van der Waals surface area (Å²) in [6.45, 7) is 4.13. The molecule has 2 aliphatic heterocycles. The molecule has 0 bridgehead atoms. The number of ketones is 1. The zero-order chi connectivity index (χ0) is 24.2. The molecule has 0 aromatic heterocycles. The highest BCUT2D eigenvalue weighted by Gasteiger charge is 2.46. The van der Waals surface area contributed by atoms with Crippen molar-refractivity contribution in [1.29, 1.82) is 0 Å². The van der Waals surface area contributed by atoms with Crippen LogP contribution in [0, 0.1) is 5.82 Å². The van der Waals surface area contributed by atoms with Crippen molar-refractivity contribution >= 4 is 33.4 Å². The van der Waals surface area contributed by atoms with Crippen LogP contribution in [0.4, 0.5) is 4.39 Å². The van der Waals surface area contributed by atoms with E-state index in [0.29, 0.717) is 31.7 Å². The van der Waals surface area contributed by atoms with Crippen molar-refractivity contribution in [3.63, 3.8) is 0 Å². The lowest BCUT2D eigenvalue weighted by atomic mass is 9.95. The number of benzene rings is 2. The molecule has 34 heavy (non-hydrogen) atoms. The molecular formula is C25H26BrFN2O5. The van der Waals surface area contributed by atoms with Crippen LogP contribution in [-0.4, -0.2) is 73.1 Å². The van der Waals surface area contributed by atoms with E-state index in [1.165, 1.54) is 24.1 Å². The average Bonchev–Trinajstić information content (AvgIpc) is 3.09. The van der Waals surface area contributed by atoms with E-state index in [4.69, 9.17) is 9.47 Å². The Balaban J connectivity index is 1.69. The van der Waals surface area contributed by atoms with Gasteiger partial charge < -0.3 is 19.5 Å². The zero-order valence-electron chi connectivity index (χ0n) is 18.8. The first-order valence-electron chi connectivity index (χ1n) is 11.1. The normalized spacial score (nSPS) is 20.7. The lowest BCUT2D eigenvalue weighted by Gasteiger charge is -2.29. The molecule has 2 aromatic rings. The summed E-state index contributed by atoms with van der Waals surface area (Å²) in [6, 6.07) is 10.4. The lowest BCUT2D eigenvalue weighted by Crippen LogP contribution is -2.38. The molecule has 2 aromatic carbocycles. The number of hydrogen-bond donors (Lipinski definition) is 1. The van der Waals surface area contributed by atoms with Crippen molar-refractivity contribution in [3.8, 4) is 5.75 Å². The molecule has 4 rings (SSSR count). The number of aliphatic hydroxyl groups is 1. The molecule has 1 atom stereocenters. The molecule has 0 aliphatic carbocycles. The van der Waals surface area contributed by atoms with E-state index >= 15 is 0 Å². The van der Waals surface area contributed by atoms with Crippen LogP contribution in [0.1, 0.15) is 23.6 Å². The Morgan fingerprint density at radius 2 is 1.94 bits per heavy atom. The maximum absolute atomic E-state index is 14.3. The van der Waals surface area contributed by atoms with Gasteiger partial charge in [-0.15, -0.1) is 0 Å². The largest absolute Gasteiger partial charge is 0.507 e. The fourth-order valence-corrected chi connectivity index (χ4v) is 4.81. The average molecular weight is 533 g/mol. The summed E-state index contributed by atoms with van der Waals surface area (Å²) in [5.41, 5.74) is 0.721. The van der Waals surface area contributed by atoms with E-state index in [1.807, 2.05) is 12.1 Å². The summed E-state index contributed by atoms with van der Waals surface area (Å²) in [5, 5.41) is 11.1. The first kappa shape index (κ1) is 24.4. The van der Waals surface area contributed by atoms with Crippen LogP contribution in [0.5, 0.6) is 5.75 Å². The lowest BCUT2D eigenvalue weighted by molar-refractivity contribution is -0.140. The molecule has 9 heteroatoms. The number of carbonyl (C=O) groups is 2. The van der Waals surface area contributed by atoms with Crippen LogP contribution in [0.15, 0.2) is 52.5 Å².